The molecule has 0 bridgehead atoms. The predicted octanol–water partition coefficient (Wildman–Crippen LogP) is 2.84. The number of thiazole rings is 1. The van der Waals surface area contributed by atoms with Gasteiger partial charge in [0.25, 0.3) is 0 Å². The minimum Gasteiger partial charge on any atom is -0.480 e. The highest BCUT2D eigenvalue weighted by Crippen LogP contribution is 2.28. The minimum absolute atomic E-state index is 0.372. The summed E-state index contributed by atoms with van der Waals surface area (Å²) in [6, 6.07) is 5.03. The van der Waals surface area contributed by atoms with E-state index in [2.05, 4.69) is 23.3 Å². The van der Waals surface area contributed by atoms with E-state index in [1.165, 1.54) is 16.9 Å². The Morgan fingerprint density at radius 3 is 2.95 bits per heavy atom. The van der Waals surface area contributed by atoms with Gasteiger partial charge in [-0.2, -0.15) is 0 Å². The zero-order chi connectivity index (χ0) is 14.7. The van der Waals surface area contributed by atoms with Crippen molar-refractivity contribution in [1.82, 2.24) is 4.98 Å². The maximum absolute atomic E-state index is 10.8. The summed E-state index contributed by atoms with van der Waals surface area (Å²) in [5, 5.41) is 14.5. The van der Waals surface area contributed by atoms with Gasteiger partial charge >= 0.3 is 5.97 Å². The van der Waals surface area contributed by atoms with Crippen molar-refractivity contribution in [3.8, 4) is 0 Å². The lowest BCUT2D eigenvalue weighted by atomic mass is 10.1. The van der Waals surface area contributed by atoms with E-state index in [4.69, 9.17) is 10.8 Å². The summed E-state index contributed by atoms with van der Waals surface area (Å²) in [7, 11) is 0. The molecule has 20 heavy (non-hydrogen) atoms. The molecule has 1 atom stereocenters. The summed E-state index contributed by atoms with van der Waals surface area (Å²) in [6.07, 6.45) is 0.914. The summed E-state index contributed by atoms with van der Waals surface area (Å²) < 4.78 is 0. The molecule has 5 nitrogen and oxygen atoms in total. The molecule has 0 saturated carbocycles. The number of anilines is 2. The Hall–Kier alpha value is -1.92. The molecule has 0 aliphatic heterocycles. The van der Waals surface area contributed by atoms with Crippen molar-refractivity contribution >= 4 is 28.1 Å². The number of hydrogen-bond donors (Lipinski definition) is 3. The van der Waals surface area contributed by atoms with Gasteiger partial charge < -0.3 is 16.2 Å². The Kier molecular flexibility index (Phi) is 4.36. The minimum atomic E-state index is -1.08. The Labute approximate surface area is 121 Å². The molecular weight excluding hydrogens is 274 g/mol. The van der Waals surface area contributed by atoms with Crippen LogP contribution in [0.4, 0.5) is 10.8 Å². The van der Waals surface area contributed by atoms with E-state index in [-0.39, 0.29) is 0 Å². The number of carboxylic acid groups (broad SMARTS) is 1. The van der Waals surface area contributed by atoms with Crippen molar-refractivity contribution < 1.29 is 9.90 Å². The Balaban J connectivity index is 2.25. The van der Waals surface area contributed by atoms with Crippen LogP contribution < -0.4 is 11.1 Å². The number of hydrogen-bond acceptors (Lipinski definition) is 5. The number of nitrogens with zero attached hydrogens (tertiary/aromatic N) is 1. The van der Waals surface area contributed by atoms with Crippen LogP contribution in [0.1, 0.15) is 29.8 Å². The first kappa shape index (κ1) is 14.5. The molecule has 0 aliphatic rings. The second-order valence-electron chi connectivity index (χ2n) is 4.48. The molecule has 4 N–H and O–H groups in total. The SMILES string of the molecule is CCc1cccc(C)c1Nc1nc(C(N)C(=O)O)cs1. The third-order valence-corrected chi connectivity index (χ3v) is 3.85. The zero-order valence-corrected chi connectivity index (χ0v) is 12.2. The van der Waals surface area contributed by atoms with Crippen molar-refractivity contribution in [2.24, 2.45) is 5.73 Å². The fourth-order valence-electron chi connectivity index (χ4n) is 1.92. The first-order valence-corrected chi connectivity index (χ1v) is 7.20. The average molecular weight is 291 g/mol. The summed E-state index contributed by atoms with van der Waals surface area (Å²) >= 11 is 1.35. The maximum atomic E-state index is 10.8. The van der Waals surface area contributed by atoms with Gasteiger partial charge in [-0.05, 0) is 24.5 Å². The molecule has 0 aliphatic carbocycles. The van der Waals surface area contributed by atoms with Gasteiger partial charge in [0.15, 0.2) is 5.13 Å². The van der Waals surface area contributed by atoms with Crippen LogP contribution in [0.15, 0.2) is 23.6 Å². The van der Waals surface area contributed by atoms with E-state index in [1.54, 1.807) is 5.38 Å². The van der Waals surface area contributed by atoms with Crippen molar-refractivity contribution in [3.63, 3.8) is 0 Å². The van der Waals surface area contributed by atoms with Crippen molar-refractivity contribution in [2.45, 2.75) is 26.3 Å². The first-order valence-electron chi connectivity index (χ1n) is 6.32. The van der Waals surface area contributed by atoms with Gasteiger partial charge in [0, 0.05) is 11.1 Å². The molecule has 0 radical (unpaired) electrons. The summed E-state index contributed by atoms with van der Waals surface area (Å²) in [5.41, 5.74) is 9.27. The van der Waals surface area contributed by atoms with Crippen LogP contribution in [-0.4, -0.2) is 16.1 Å². The van der Waals surface area contributed by atoms with Crippen LogP contribution in [0.25, 0.3) is 0 Å². The Bertz CT molecular complexity index is 625. The van der Waals surface area contributed by atoms with Crippen LogP contribution in [0.5, 0.6) is 0 Å². The molecule has 1 aromatic heterocycles. The van der Waals surface area contributed by atoms with Crippen LogP contribution in [0.2, 0.25) is 0 Å². The number of para-hydroxylation sites is 1. The number of aromatic nitrogens is 1. The molecule has 1 aromatic carbocycles. The zero-order valence-electron chi connectivity index (χ0n) is 11.4. The number of benzene rings is 1. The number of rotatable bonds is 5. The smallest absolute Gasteiger partial charge is 0.326 e. The van der Waals surface area contributed by atoms with E-state index >= 15 is 0 Å². The standard InChI is InChI=1S/C14H17N3O2S/c1-3-9-6-4-5-8(2)12(9)17-14-16-10(7-20-14)11(15)13(18)19/h4-7,11H,3,15H2,1-2H3,(H,16,17)(H,18,19). The average Bonchev–Trinajstić information content (AvgIpc) is 2.88. The van der Waals surface area contributed by atoms with Crippen LogP contribution in [0.3, 0.4) is 0 Å². The summed E-state index contributed by atoms with van der Waals surface area (Å²) in [4.78, 5) is 15.1. The van der Waals surface area contributed by atoms with Crippen molar-refractivity contribution in [1.29, 1.82) is 0 Å². The number of aryl methyl sites for hydroxylation is 2. The molecule has 1 heterocycles. The first-order chi connectivity index (χ1) is 9.52. The summed E-state index contributed by atoms with van der Waals surface area (Å²) in [5.74, 6) is -1.08. The van der Waals surface area contributed by atoms with Crippen LogP contribution >= 0.6 is 11.3 Å². The van der Waals surface area contributed by atoms with E-state index in [0.717, 1.165) is 17.7 Å². The van der Waals surface area contributed by atoms with Gasteiger partial charge in [-0.1, -0.05) is 25.1 Å². The third-order valence-electron chi connectivity index (χ3n) is 3.08. The predicted molar refractivity (Wildman–Crippen MR) is 80.5 cm³/mol. The number of nitrogens with one attached hydrogen (secondary N) is 1. The van der Waals surface area contributed by atoms with Crippen LogP contribution in [0, 0.1) is 6.92 Å². The van der Waals surface area contributed by atoms with Gasteiger partial charge in [0.05, 0.1) is 5.69 Å². The molecule has 106 valence electrons. The highest BCUT2D eigenvalue weighted by molar-refractivity contribution is 7.13. The second-order valence-corrected chi connectivity index (χ2v) is 5.34. The summed E-state index contributed by atoms with van der Waals surface area (Å²) in [6.45, 7) is 4.12. The largest absolute Gasteiger partial charge is 0.480 e. The van der Waals surface area contributed by atoms with Gasteiger partial charge in [0.1, 0.15) is 6.04 Å². The lowest BCUT2D eigenvalue weighted by Crippen LogP contribution is -2.20. The highest BCUT2D eigenvalue weighted by atomic mass is 32.1. The number of nitrogens with two attached hydrogens (primary N) is 1. The lowest BCUT2D eigenvalue weighted by molar-refractivity contribution is -0.138. The van der Waals surface area contributed by atoms with Crippen LogP contribution in [-0.2, 0) is 11.2 Å². The second kappa shape index (κ2) is 6.02. The van der Waals surface area contributed by atoms with E-state index in [9.17, 15) is 4.79 Å². The van der Waals surface area contributed by atoms with Gasteiger partial charge in [-0.25, -0.2) is 4.98 Å². The topological polar surface area (TPSA) is 88.2 Å². The molecule has 2 rings (SSSR count). The Morgan fingerprint density at radius 1 is 1.55 bits per heavy atom. The lowest BCUT2D eigenvalue weighted by Gasteiger charge is -2.11. The van der Waals surface area contributed by atoms with Crippen molar-refractivity contribution in [3.05, 3.63) is 40.4 Å². The molecule has 0 fully saturated rings. The van der Waals surface area contributed by atoms with Gasteiger partial charge in [-0.15, -0.1) is 11.3 Å². The number of carboxylic acids is 1. The Morgan fingerprint density at radius 2 is 2.30 bits per heavy atom. The molecule has 0 saturated heterocycles. The number of aliphatic carboxylic acids is 1. The van der Waals surface area contributed by atoms with E-state index in [0.29, 0.717) is 10.8 Å². The fraction of sp³-hybridized carbons (Fsp3) is 0.286. The molecule has 1 unspecified atom stereocenters. The fourth-order valence-corrected chi connectivity index (χ4v) is 2.67. The molecule has 2 aromatic rings. The molecular formula is C14H17N3O2S. The van der Waals surface area contributed by atoms with Crippen molar-refractivity contribution in [2.75, 3.05) is 5.32 Å². The number of carbonyl (C=O) groups is 1. The van der Waals surface area contributed by atoms with Gasteiger partial charge in [-0.3, -0.25) is 4.79 Å². The third kappa shape index (κ3) is 2.97. The quantitative estimate of drug-likeness (QED) is 0.788. The van der Waals surface area contributed by atoms with Gasteiger partial charge in [0.2, 0.25) is 0 Å². The monoisotopic (exact) mass is 291 g/mol. The van der Waals surface area contributed by atoms with E-state index < -0.39 is 12.0 Å². The molecule has 0 spiro atoms. The van der Waals surface area contributed by atoms with E-state index in [1.807, 2.05) is 19.1 Å². The molecule has 6 heteroatoms. The highest BCUT2D eigenvalue weighted by Gasteiger charge is 2.18. The normalized spacial score (nSPS) is 12.2. The molecule has 0 amide bonds. The maximum Gasteiger partial charge on any atom is 0.326 e.